The van der Waals surface area contributed by atoms with E-state index in [0.717, 1.165) is 18.4 Å². The van der Waals surface area contributed by atoms with Crippen molar-refractivity contribution in [3.8, 4) is 0 Å². The Morgan fingerprint density at radius 2 is 2.32 bits per heavy atom. The molecule has 1 aliphatic heterocycles. The lowest BCUT2D eigenvalue weighted by Gasteiger charge is -2.33. The highest BCUT2D eigenvalue weighted by molar-refractivity contribution is 7.87. The minimum absolute atomic E-state index is 0.131. The number of aliphatic hydroxyl groups is 1. The highest BCUT2D eigenvalue weighted by Gasteiger charge is 2.31. The van der Waals surface area contributed by atoms with Gasteiger partial charge in [-0.05, 0) is 24.5 Å². The van der Waals surface area contributed by atoms with Crippen LogP contribution in [0.15, 0.2) is 24.5 Å². The highest BCUT2D eigenvalue weighted by atomic mass is 32.2. The molecule has 7 heteroatoms. The minimum atomic E-state index is -3.55. The third kappa shape index (κ3) is 3.73. The topological polar surface area (TPSA) is 82.5 Å². The van der Waals surface area contributed by atoms with E-state index in [1.54, 1.807) is 18.5 Å². The summed E-state index contributed by atoms with van der Waals surface area (Å²) in [4.78, 5) is 3.94. The SMILES string of the molecule is O=S(=O)(NCc1cccnc1)N1CCCCC1CO. The molecule has 6 nitrogen and oxygen atoms in total. The predicted molar refractivity (Wildman–Crippen MR) is 71.4 cm³/mol. The van der Waals surface area contributed by atoms with Crippen LogP contribution in [-0.2, 0) is 16.8 Å². The van der Waals surface area contributed by atoms with Gasteiger partial charge in [-0.25, -0.2) is 0 Å². The number of aromatic nitrogens is 1. The fraction of sp³-hybridized carbons (Fsp3) is 0.583. The second-order valence-corrected chi connectivity index (χ2v) is 6.34. The molecule has 19 heavy (non-hydrogen) atoms. The van der Waals surface area contributed by atoms with Crippen molar-refractivity contribution in [3.05, 3.63) is 30.1 Å². The first kappa shape index (κ1) is 14.4. The molecule has 0 amide bonds. The van der Waals surface area contributed by atoms with Crippen LogP contribution in [0.25, 0.3) is 0 Å². The Labute approximate surface area is 113 Å². The van der Waals surface area contributed by atoms with Gasteiger partial charge < -0.3 is 5.11 Å². The molecule has 106 valence electrons. The summed E-state index contributed by atoms with van der Waals surface area (Å²) in [7, 11) is -3.55. The third-order valence-corrected chi connectivity index (χ3v) is 4.88. The molecule has 0 bridgehead atoms. The number of hydrogen-bond acceptors (Lipinski definition) is 4. The van der Waals surface area contributed by atoms with Gasteiger partial charge in [0, 0.05) is 31.5 Å². The van der Waals surface area contributed by atoms with Crippen molar-refractivity contribution in [1.82, 2.24) is 14.0 Å². The molecule has 0 radical (unpaired) electrons. The molecule has 0 saturated carbocycles. The van der Waals surface area contributed by atoms with Crippen LogP contribution in [0, 0.1) is 0 Å². The van der Waals surface area contributed by atoms with Crippen LogP contribution in [0.2, 0.25) is 0 Å². The van der Waals surface area contributed by atoms with Crippen LogP contribution in [0.4, 0.5) is 0 Å². The van der Waals surface area contributed by atoms with Crippen molar-refractivity contribution < 1.29 is 13.5 Å². The summed E-state index contributed by atoms with van der Waals surface area (Å²) in [5.74, 6) is 0. The monoisotopic (exact) mass is 285 g/mol. The van der Waals surface area contributed by atoms with Gasteiger partial charge in [0.1, 0.15) is 0 Å². The van der Waals surface area contributed by atoms with E-state index in [9.17, 15) is 13.5 Å². The van der Waals surface area contributed by atoms with E-state index in [2.05, 4.69) is 9.71 Å². The van der Waals surface area contributed by atoms with Crippen LogP contribution < -0.4 is 4.72 Å². The van der Waals surface area contributed by atoms with Crippen LogP contribution in [0.3, 0.4) is 0 Å². The summed E-state index contributed by atoms with van der Waals surface area (Å²) in [6, 6.07) is 3.27. The Bertz CT molecular complexity index is 492. The summed E-state index contributed by atoms with van der Waals surface area (Å²) < 4.78 is 28.3. The number of nitrogens with zero attached hydrogens (tertiary/aromatic N) is 2. The Morgan fingerprint density at radius 3 is 3.00 bits per heavy atom. The second-order valence-electron chi connectivity index (χ2n) is 4.63. The molecule has 1 saturated heterocycles. The average Bonchev–Trinajstić information content (AvgIpc) is 2.46. The van der Waals surface area contributed by atoms with E-state index in [-0.39, 0.29) is 19.2 Å². The predicted octanol–water partition coefficient (Wildman–Crippen LogP) is 0.263. The van der Waals surface area contributed by atoms with E-state index in [0.29, 0.717) is 13.0 Å². The number of pyridine rings is 1. The van der Waals surface area contributed by atoms with Crippen LogP contribution in [0.1, 0.15) is 24.8 Å². The van der Waals surface area contributed by atoms with Gasteiger partial charge in [-0.2, -0.15) is 17.4 Å². The van der Waals surface area contributed by atoms with Crippen molar-refractivity contribution in [2.75, 3.05) is 13.2 Å². The zero-order valence-corrected chi connectivity index (χ0v) is 11.5. The fourth-order valence-electron chi connectivity index (χ4n) is 2.23. The molecule has 2 heterocycles. The molecule has 1 aromatic rings. The summed E-state index contributed by atoms with van der Waals surface area (Å²) >= 11 is 0. The average molecular weight is 285 g/mol. The van der Waals surface area contributed by atoms with E-state index in [4.69, 9.17) is 0 Å². The van der Waals surface area contributed by atoms with Crippen molar-refractivity contribution >= 4 is 10.2 Å². The molecular formula is C12H19N3O3S. The van der Waals surface area contributed by atoms with Gasteiger partial charge in [0.15, 0.2) is 0 Å². The lowest BCUT2D eigenvalue weighted by Crippen LogP contribution is -2.50. The van der Waals surface area contributed by atoms with E-state index in [1.165, 1.54) is 4.31 Å². The number of hydrogen-bond donors (Lipinski definition) is 2. The summed E-state index contributed by atoms with van der Waals surface area (Å²) in [6.07, 6.45) is 5.78. The van der Waals surface area contributed by atoms with Crippen LogP contribution in [-0.4, -0.2) is 42.0 Å². The molecule has 1 unspecified atom stereocenters. The van der Waals surface area contributed by atoms with Gasteiger partial charge in [0.2, 0.25) is 0 Å². The number of aliphatic hydroxyl groups excluding tert-OH is 1. The molecule has 0 aromatic carbocycles. The van der Waals surface area contributed by atoms with E-state index < -0.39 is 10.2 Å². The van der Waals surface area contributed by atoms with Gasteiger partial charge in [-0.15, -0.1) is 0 Å². The van der Waals surface area contributed by atoms with Gasteiger partial charge in [0.25, 0.3) is 10.2 Å². The first-order valence-corrected chi connectivity index (χ1v) is 7.83. The molecule has 1 aromatic heterocycles. The molecule has 0 aliphatic carbocycles. The van der Waals surface area contributed by atoms with Crippen molar-refractivity contribution in [2.45, 2.75) is 31.8 Å². The highest BCUT2D eigenvalue weighted by Crippen LogP contribution is 2.19. The molecule has 2 N–H and O–H groups in total. The second kappa shape index (κ2) is 6.42. The molecule has 0 spiro atoms. The Balaban J connectivity index is 2.01. The number of nitrogens with one attached hydrogen (secondary N) is 1. The molecule has 1 aliphatic rings. The third-order valence-electron chi connectivity index (χ3n) is 3.27. The minimum Gasteiger partial charge on any atom is -0.395 e. The smallest absolute Gasteiger partial charge is 0.280 e. The van der Waals surface area contributed by atoms with Gasteiger partial charge >= 0.3 is 0 Å². The Morgan fingerprint density at radius 1 is 1.47 bits per heavy atom. The molecular weight excluding hydrogens is 266 g/mol. The maximum absolute atomic E-state index is 12.2. The lowest BCUT2D eigenvalue weighted by atomic mass is 10.1. The first-order valence-electron chi connectivity index (χ1n) is 6.39. The fourth-order valence-corrected chi connectivity index (χ4v) is 3.68. The molecule has 1 atom stereocenters. The Kier molecular flexibility index (Phi) is 4.87. The molecule has 1 fully saturated rings. The van der Waals surface area contributed by atoms with E-state index >= 15 is 0 Å². The summed E-state index contributed by atoms with van der Waals surface area (Å²) in [5, 5.41) is 9.27. The normalized spacial score (nSPS) is 21.4. The van der Waals surface area contributed by atoms with Crippen molar-refractivity contribution in [3.63, 3.8) is 0 Å². The standard InChI is InChI=1S/C12H19N3O3S/c16-10-12-5-1-2-7-15(12)19(17,18)14-9-11-4-3-6-13-8-11/h3-4,6,8,12,14,16H,1-2,5,7,9-10H2. The zero-order valence-electron chi connectivity index (χ0n) is 10.7. The van der Waals surface area contributed by atoms with Gasteiger partial charge in [-0.3, -0.25) is 4.98 Å². The Hall–Kier alpha value is -1.02. The zero-order chi connectivity index (χ0) is 13.7. The quantitative estimate of drug-likeness (QED) is 0.813. The number of rotatable bonds is 5. The first-order chi connectivity index (χ1) is 9.13. The maximum atomic E-state index is 12.2. The summed E-state index contributed by atoms with van der Waals surface area (Å²) in [6.45, 7) is 0.548. The van der Waals surface area contributed by atoms with Gasteiger partial charge in [-0.1, -0.05) is 12.5 Å². The maximum Gasteiger partial charge on any atom is 0.280 e. The lowest BCUT2D eigenvalue weighted by molar-refractivity contribution is 0.154. The summed E-state index contributed by atoms with van der Waals surface area (Å²) in [5.41, 5.74) is 0.809. The van der Waals surface area contributed by atoms with Crippen molar-refractivity contribution in [2.24, 2.45) is 0 Å². The van der Waals surface area contributed by atoms with Crippen LogP contribution in [0.5, 0.6) is 0 Å². The van der Waals surface area contributed by atoms with Crippen LogP contribution >= 0.6 is 0 Å². The molecule has 2 rings (SSSR count). The van der Waals surface area contributed by atoms with Crippen molar-refractivity contribution in [1.29, 1.82) is 0 Å². The van der Waals surface area contributed by atoms with E-state index in [1.807, 2.05) is 6.07 Å². The van der Waals surface area contributed by atoms with Gasteiger partial charge in [0.05, 0.1) is 6.61 Å². The largest absolute Gasteiger partial charge is 0.395 e. The number of piperidine rings is 1.